The summed E-state index contributed by atoms with van der Waals surface area (Å²) >= 11 is 1.79. The van der Waals surface area contributed by atoms with Crippen molar-refractivity contribution < 1.29 is 13.2 Å². The number of guanidine groups is 1. The average Bonchev–Trinajstić information content (AvgIpc) is 2.97. The number of sulfonamides is 1. The van der Waals surface area contributed by atoms with Crippen molar-refractivity contribution in [2.75, 3.05) is 32.4 Å². The number of hydrogen-bond donors (Lipinski definition) is 2. The molecule has 1 aromatic rings. The lowest BCUT2D eigenvalue weighted by atomic mass is 10.2. The maximum Gasteiger partial charge on any atom is 0.216 e. The summed E-state index contributed by atoms with van der Waals surface area (Å²) in [6.07, 6.45) is 0.751. The Balaban J connectivity index is 0.00000392. The number of ether oxygens (including phenoxy) is 1. The van der Waals surface area contributed by atoms with E-state index in [2.05, 4.69) is 41.6 Å². The molecule has 0 aliphatic carbocycles. The van der Waals surface area contributed by atoms with Gasteiger partial charge < -0.3 is 15.4 Å². The zero-order valence-electron chi connectivity index (χ0n) is 17.3. The summed E-state index contributed by atoms with van der Waals surface area (Å²) in [7, 11) is -1.63. The molecule has 1 aromatic heterocycles. The van der Waals surface area contributed by atoms with Crippen LogP contribution in [0.3, 0.4) is 0 Å². The van der Waals surface area contributed by atoms with Crippen molar-refractivity contribution >= 4 is 51.3 Å². The Morgan fingerprint density at radius 3 is 2.54 bits per heavy atom. The van der Waals surface area contributed by atoms with Crippen LogP contribution in [-0.4, -0.2) is 69.4 Å². The molecule has 7 nitrogen and oxygen atoms in total. The van der Waals surface area contributed by atoms with Gasteiger partial charge in [-0.2, -0.15) is 4.31 Å². The van der Waals surface area contributed by atoms with E-state index in [1.54, 1.807) is 18.4 Å². The van der Waals surface area contributed by atoms with Gasteiger partial charge >= 0.3 is 0 Å². The van der Waals surface area contributed by atoms with E-state index in [0.717, 1.165) is 6.42 Å². The fourth-order valence-corrected chi connectivity index (χ4v) is 5.67. The molecular formula is C18H33IN4O3S2. The Morgan fingerprint density at radius 2 is 2.00 bits per heavy atom. The molecule has 10 heteroatoms. The molecule has 1 saturated heterocycles. The van der Waals surface area contributed by atoms with E-state index >= 15 is 0 Å². The second-order valence-electron chi connectivity index (χ2n) is 7.15. The number of halogens is 1. The quantitative estimate of drug-likeness (QED) is 0.313. The second kappa shape index (κ2) is 11.7. The number of nitrogens with zero attached hydrogens (tertiary/aromatic N) is 2. The topological polar surface area (TPSA) is 83.0 Å². The fourth-order valence-electron chi connectivity index (χ4n) is 3.16. The first kappa shape index (κ1) is 25.6. The van der Waals surface area contributed by atoms with Crippen molar-refractivity contribution in [1.82, 2.24) is 14.9 Å². The van der Waals surface area contributed by atoms with Crippen LogP contribution >= 0.6 is 35.3 Å². The van der Waals surface area contributed by atoms with E-state index in [1.807, 2.05) is 13.8 Å². The van der Waals surface area contributed by atoms with E-state index in [-0.39, 0.29) is 48.0 Å². The van der Waals surface area contributed by atoms with Crippen LogP contribution in [0.5, 0.6) is 0 Å². The van der Waals surface area contributed by atoms with Gasteiger partial charge in [-0.15, -0.1) is 35.3 Å². The van der Waals surface area contributed by atoms with Crippen LogP contribution in [0.2, 0.25) is 0 Å². The van der Waals surface area contributed by atoms with Crippen molar-refractivity contribution in [2.45, 2.75) is 52.4 Å². The molecule has 3 atom stereocenters. The summed E-state index contributed by atoms with van der Waals surface area (Å²) in [6.45, 7) is 9.14. The maximum atomic E-state index is 12.6. The van der Waals surface area contributed by atoms with Gasteiger partial charge in [0.2, 0.25) is 10.0 Å². The SMILES string of the molecule is CN=C(NCCS(=O)(=O)N1CC(C)OC(C)C1)NC(C)Cc1ccc(C)s1.I. The predicted molar refractivity (Wildman–Crippen MR) is 128 cm³/mol. The van der Waals surface area contributed by atoms with Gasteiger partial charge in [0, 0.05) is 48.9 Å². The molecule has 2 N–H and O–H groups in total. The molecule has 0 saturated carbocycles. The third-order valence-corrected chi connectivity index (χ3v) is 7.17. The lowest BCUT2D eigenvalue weighted by Gasteiger charge is -2.34. The molecule has 1 aliphatic rings. The number of thiophene rings is 1. The molecule has 1 aliphatic heterocycles. The van der Waals surface area contributed by atoms with Gasteiger partial charge in [-0.3, -0.25) is 4.99 Å². The largest absolute Gasteiger partial charge is 0.373 e. The van der Waals surface area contributed by atoms with E-state index in [0.29, 0.717) is 25.6 Å². The van der Waals surface area contributed by atoms with Gasteiger partial charge in [-0.25, -0.2) is 8.42 Å². The normalized spacial score (nSPS) is 22.4. The predicted octanol–water partition coefficient (Wildman–Crippen LogP) is 2.21. The van der Waals surface area contributed by atoms with Gasteiger partial charge in [-0.1, -0.05) is 0 Å². The fraction of sp³-hybridized carbons (Fsp3) is 0.722. The van der Waals surface area contributed by atoms with Gasteiger partial charge in [0.15, 0.2) is 5.96 Å². The molecule has 2 heterocycles. The van der Waals surface area contributed by atoms with Crippen LogP contribution in [0.4, 0.5) is 0 Å². The van der Waals surface area contributed by atoms with E-state index in [1.165, 1.54) is 14.1 Å². The monoisotopic (exact) mass is 544 g/mol. The second-order valence-corrected chi connectivity index (χ2v) is 10.6. The Hall–Kier alpha value is -0.430. The standard InChI is InChI=1S/C18H32N4O3S2.HI/c1-13(10-17-7-6-16(4)26-17)21-18(19-5)20-8-9-27(23,24)22-11-14(2)25-15(3)12-22;/h6-7,13-15H,8-12H2,1-5H3,(H2,19,20,21);1H. The van der Waals surface area contributed by atoms with Crippen LogP contribution in [0.1, 0.15) is 30.5 Å². The third kappa shape index (κ3) is 8.13. The summed E-state index contributed by atoms with van der Waals surface area (Å²) in [5.41, 5.74) is 0. The summed E-state index contributed by atoms with van der Waals surface area (Å²) < 4.78 is 32.3. The first-order valence-electron chi connectivity index (χ1n) is 9.35. The average molecular weight is 545 g/mol. The minimum atomic E-state index is -3.32. The zero-order valence-corrected chi connectivity index (χ0v) is 21.2. The first-order chi connectivity index (χ1) is 12.7. The first-order valence-corrected chi connectivity index (χ1v) is 11.8. The van der Waals surface area contributed by atoms with Crippen LogP contribution in [0.25, 0.3) is 0 Å². The number of hydrogen-bond acceptors (Lipinski definition) is 5. The highest BCUT2D eigenvalue weighted by Crippen LogP contribution is 2.17. The Bertz CT molecular complexity index is 729. The third-order valence-electron chi connectivity index (χ3n) is 4.34. The van der Waals surface area contributed by atoms with E-state index in [9.17, 15) is 8.42 Å². The van der Waals surface area contributed by atoms with Crippen LogP contribution in [-0.2, 0) is 21.2 Å². The van der Waals surface area contributed by atoms with Gasteiger partial charge in [0.05, 0.1) is 18.0 Å². The lowest BCUT2D eigenvalue weighted by molar-refractivity contribution is -0.0440. The van der Waals surface area contributed by atoms with Gasteiger partial charge in [0.25, 0.3) is 0 Å². The van der Waals surface area contributed by atoms with E-state index in [4.69, 9.17) is 4.74 Å². The number of rotatable bonds is 7. The highest BCUT2D eigenvalue weighted by Gasteiger charge is 2.30. The van der Waals surface area contributed by atoms with Crippen LogP contribution in [0.15, 0.2) is 17.1 Å². The van der Waals surface area contributed by atoms with Crippen LogP contribution in [0, 0.1) is 6.92 Å². The number of morpholine rings is 1. The van der Waals surface area contributed by atoms with Crippen molar-refractivity contribution in [2.24, 2.45) is 4.99 Å². The highest BCUT2D eigenvalue weighted by molar-refractivity contribution is 14.0. The molecular weight excluding hydrogens is 511 g/mol. The Kier molecular flexibility index (Phi) is 10.7. The molecule has 0 amide bonds. The molecule has 0 bridgehead atoms. The summed E-state index contributed by atoms with van der Waals surface area (Å²) in [5.74, 6) is 0.653. The number of nitrogens with one attached hydrogen (secondary N) is 2. The summed E-state index contributed by atoms with van der Waals surface area (Å²) in [6, 6.07) is 4.47. The van der Waals surface area contributed by atoms with Gasteiger partial charge in [0.1, 0.15) is 0 Å². The Morgan fingerprint density at radius 1 is 1.36 bits per heavy atom. The molecule has 28 heavy (non-hydrogen) atoms. The maximum absolute atomic E-state index is 12.6. The van der Waals surface area contributed by atoms with Crippen molar-refractivity contribution in [1.29, 1.82) is 0 Å². The Labute approximate surface area is 190 Å². The molecule has 2 rings (SSSR count). The molecule has 0 aromatic carbocycles. The zero-order chi connectivity index (χ0) is 20.0. The highest BCUT2D eigenvalue weighted by atomic mass is 127. The van der Waals surface area contributed by atoms with Gasteiger partial charge in [-0.05, 0) is 39.8 Å². The number of aryl methyl sites for hydroxylation is 1. The van der Waals surface area contributed by atoms with Crippen molar-refractivity contribution in [3.63, 3.8) is 0 Å². The van der Waals surface area contributed by atoms with E-state index < -0.39 is 10.0 Å². The molecule has 162 valence electrons. The minimum absolute atomic E-state index is 0. The molecule has 3 unspecified atom stereocenters. The summed E-state index contributed by atoms with van der Waals surface area (Å²) in [5, 5.41) is 6.44. The minimum Gasteiger partial charge on any atom is -0.373 e. The molecule has 1 fully saturated rings. The molecule has 0 radical (unpaired) electrons. The van der Waals surface area contributed by atoms with Crippen molar-refractivity contribution in [3.8, 4) is 0 Å². The van der Waals surface area contributed by atoms with Crippen LogP contribution < -0.4 is 10.6 Å². The summed E-state index contributed by atoms with van der Waals surface area (Å²) in [4.78, 5) is 6.82. The van der Waals surface area contributed by atoms with Crippen molar-refractivity contribution in [3.05, 3.63) is 21.9 Å². The molecule has 0 spiro atoms. The smallest absolute Gasteiger partial charge is 0.216 e. The number of aliphatic imine (C=N–C) groups is 1. The lowest BCUT2D eigenvalue weighted by Crippen LogP contribution is -2.50.